The fraction of sp³-hybridized carbons (Fsp3) is 0.222. The van der Waals surface area contributed by atoms with Gasteiger partial charge in [-0.25, -0.2) is 8.42 Å². The van der Waals surface area contributed by atoms with Crippen molar-refractivity contribution in [3.63, 3.8) is 0 Å². The molecule has 7 heteroatoms. The molecule has 0 fully saturated rings. The van der Waals surface area contributed by atoms with Crippen molar-refractivity contribution in [3.05, 3.63) is 23.8 Å². The summed E-state index contributed by atoms with van der Waals surface area (Å²) in [6.07, 6.45) is -0.122. The first-order valence-corrected chi connectivity index (χ1v) is 6.09. The van der Waals surface area contributed by atoms with Gasteiger partial charge in [-0.15, -0.1) is 0 Å². The second kappa shape index (κ2) is 3.67. The molecule has 0 aromatic heterocycles. The molecule has 1 aromatic carbocycles. The Balaban J connectivity index is 2.31. The van der Waals surface area contributed by atoms with E-state index >= 15 is 0 Å². The Labute approximate surface area is 91.9 Å². The second-order valence-corrected chi connectivity index (χ2v) is 5.05. The third kappa shape index (κ3) is 2.25. The van der Waals surface area contributed by atoms with Gasteiger partial charge in [0.15, 0.2) is 0 Å². The Morgan fingerprint density at radius 3 is 2.94 bits per heavy atom. The first-order valence-electron chi connectivity index (χ1n) is 4.44. The van der Waals surface area contributed by atoms with Crippen LogP contribution in [0, 0.1) is 0 Å². The quantitative estimate of drug-likeness (QED) is 0.784. The summed E-state index contributed by atoms with van der Waals surface area (Å²) in [6, 6.07) is 4.56. The molecule has 0 spiro atoms. The summed E-state index contributed by atoms with van der Waals surface area (Å²) < 4.78 is 29.6. The van der Waals surface area contributed by atoms with Crippen LogP contribution < -0.4 is 9.46 Å². The van der Waals surface area contributed by atoms with Gasteiger partial charge in [-0.3, -0.25) is 9.52 Å². The van der Waals surface area contributed by atoms with Gasteiger partial charge in [-0.1, -0.05) is 6.07 Å². The van der Waals surface area contributed by atoms with Gasteiger partial charge >= 0.3 is 5.97 Å². The van der Waals surface area contributed by atoms with Crippen molar-refractivity contribution in [3.8, 4) is 5.75 Å². The lowest BCUT2D eigenvalue weighted by Gasteiger charge is -2.19. The maximum atomic E-state index is 11.1. The molecular weight excluding hydrogens is 234 g/mol. The van der Waals surface area contributed by atoms with E-state index in [1.807, 2.05) is 0 Å². The minimum Gasteiger partial charge on any atom is -0.481 e. The van der Waals surface area contributed by atoms with Crippen molar-refractivity contribution in [2.24, 2.45) is 0 Å². The molecule has 6 nitrogen and oxygen atoms in total. The van der Waals surface area contributed by atoms with Gasteiger partial charge in [0.2, 0.25) is 5.94 Å². The van der Waals surface area contributed by atoms with E-state index in [0.29, 0.717) is 17.0 Å². The number of anilines is 1. The number of aliphatic carboxylic acids is 1. The van der Waals surface area contributed by atoms with Crippen LogP contribution in [0.2, 0.25) is 0 Å². The second-order valence-electron chi connectivity index (χ2n) is 3.38. The zero-order chi connectivity index (χ0) is 11.8. The fourth-order valence-electron chi connectivity index (χ4n) is 1.39. The van der Waals surface area contributed by atoms with Crippen molar-refractivity contribution in [2.75, 3.05) is 10.7 Å². The number of fused-ring (bicyclic) bond motifs is 1. The molecule has 0 unspecified atom stereocenters. The molecule has 86 valence electrons. The fourth-order valence-corrected chi connectivity index (χ4v) is 2.24. The van der Waals surface area contributed by atoms with E-state index in [1.54, 1.807) is 6.07 Å². The number of sulfonamides is 1. The van der Waals surface area contributed by atoms with Gasteiger partial charge < -0.3 is 9.84 Å². The van der Waals surface area contributed by atoms with Crippen LogP contribution in [0.5, 0.6) is 5.75 Å². The molecule has 16 heavy (non-hydrogen) atoms. The van der Waals surface area contributed by atoms with Crippen LogP contribution >= 0.6 is 0 Å². The largest absolute Gasteiger partial charge is 0.481 e. The molecule has 2 N–H and O–H groups in total. The predicted octanol–water partition coefficient (Wildman–Crippen LogP) is 0.405. The smallest absolute Gasteiger partial charge is 0.307 e. The highest BCUT2D eigenvalue weighted by Gasteiger charge is 2.21. The van der Waals surface area contributed by atoms with Crippen LogP contribution in [-0.2, 0) is 21.2 Å². The summed E-state index contributed by atoms with van der Waals surface area (Å²) in [5.41, 5.74) is 0.896. The highest BCUT2D eigenvalue weighted by atomic mass is 32.2. The summed E-state index contributed by atoms with van der Waals surface area (Å²) in [7, 11) is -3.42. The number of nitrogens with one attached hydrogen (secondary N) is 1. The van der Waals surface area contributed by atoms with E-state index in [-0.39, 0.29) is 6.42 Å². The van der Waals surface area contributed by atoms with Crippen LogP contribution in [0.1, 0.15) is 5.56 Å². The van der Waals surface area contributed by atoms with Gasteiger partial charge in [0.1, 0.15) is 5.75 Å². The maximum absolute atomic E-state index is 11.1. The van der Waals surface area contributed by atoms with E-state index in [4.69, 9.17) is 9.84 Å². The van der Waals surface area contributed by atoms with E-state index in [9.17, 15) is 13.2 Å². The maximum Gasteiger partial charge on any atom is 0.307 e. The highest BCUT2D eigenvalue weighted by molar-refractivity contribution is 7.92. The minimum absolute atomic E-state index is 0.122. The summed E-state index contributed by atoms with van der Waals surface area (Å²) in [4.78, 5) is 10.5. The third-order valence-corrected chi connectivity index (χ3v) is 3.00. The number of carboxylic acid groups (broad SMARTS) is 1. The van der Waals surface area contributed by atoms with Crippen LogP contribution in [0.3, 0.4) is 0 Å². The molecule has 0 radical (unpaired) electrons. The van der Waals surface area contributed by atoms with Gasteiger partial charge in [0, 0.05) is 0 Å². The number of rotatable bonds is 2. The van der Waals surface area contributed by atoms with Crippen LogP contribution in [0.4, 0.5) is 5.69 Å². The molecule has 0 saturated heterocycles. The van der Waals surface area contributed by atoms with Crippen molar-refractivity contribution in [1.82, 2.24) is 0 Å². The number of carbonyl (C=O) groups is 1. The standard InChI is InChI=1S/C9H9NO5S/c11-9(12)4-6-1-2-7-8(3-6)15-5-16(13,14)10-7/h1-3,10H,4-5H2,(H,11,12). The van der Waals surface area contributed by atoms with Crippen molar-refractivity contribution >= 4 is 21.7 Å². The first kappa shape index (κ1) is 10.7. The van der Waals surface area contributed by atoms with Crippen LogP contribution in [-0.4, -0.2) is 25.4 Å². The first-order chi connectivity index (χ1) is 7.46. The molecule has 0 atom stereocenters. The highest BCUT2D eigenvalue weighted by Crippen LogP contribution is 2.30. The van der Waals surface area contributed by atoms with Crippen LogP contribution in [0.15, 0.2) is 18.2 Å². The van der Waals surface area contributed by atoms with E-state index < -0.39 is 21.9 Å². The zero-order valence-corrected chi connectivity index (χ0v) is 8.95. The number of hydrogen-bond acceptors (Lipinski definition) is 4. The number of carboxylic acids is 1. The van der Waals surface area contributed by atoms with Crippen molar-refractivity contribution < 1.29 is 23.1 Å². The third-order valence-electron chi connectivity index (χ3n) is 2.04. The SMILES string of the molecule is O=C(O)Cc1ccc2c(c1)OCS(=O)(=O)N2. The van der Waals surface area contributed by atoms with Gasteiger partial charge in [-0.05, 0) is 17.7 Å². The molecule has 1 aromatic rings. The lowest BCUT2D eigenvalue weighted by Crippen LogP contribution is -2.25. The summed E-state index contributed by atoms with van der Waals surface area (Å²) in [5.74, 6) is -1.04. The molecule has 1 heterocycles. The minimum atomic E-state index is -3.42. The molecule has 0 bridgehead atoms. The summed E-state index contributed by atoms with van der Waals surface area (Å²) >= 11 is 0. The zero-order valence-electron chi connectivity index (χ0n) is 8.13. The van der Waals surface area contributed by atoms with Gasteiger partial charge in [0.25, 0.3) is 10.0 Å². The lowest BCUT2D eigenvalue weighted by molar-refractivity contribution is -0.136. The molecular formula is C9H9NO5S. The van der Waals surface area contributed by atoms with E-state index in [2.05, 4.69) is 4.72 Å². The van der Waals surface area contributed by atoms with Crippen molar-refractivity contribution in [1.29, 1.82) is 0 Å². The molecule has 0 aliphatic carbocycles. The Kier molecular flexibility index (Phi) is 2.47. The average molecular weight is 243 g/mol. The van der Waals surface area contributed by atoms with E-state index in [0.717, 1.165) is 0 Å². The number of ether oxygens (including phenoxy) is 1. The Morgan fingerprint density at radius 1 is 1.50 bits per heavy atom. The Hall–Kier alpha value is -1.76. The Bertz CT molecular complexity index is 537. The molecule has 2 rings (SSSR count). The summed E-state index contributed by atoms with van der Waals surface area (Å²) in [5, 5.41) is 8.60. The summed E-state index contributed by atoms with van der Waals surface area (Å²) in [6.45, 7) is 0. The van der Waals surface area contributed by atoms with Gasteiger partial charge in [-0.2, -0.15) is 0 Å². The number of hydrogen-bond donors (Lipinski definition) is 2. The predicted molar refractivity (Wildman–Crippen MR) is 55.8 cm³/mol. The topological polar surface area (TPSA) is 92.7 Å². The van der Waals surface area contributed by atoms with Crippen LogP contribution in [0.25, 0.3) is 0 Å². The normalized spacial score (nSPS) is 16.8. The van der Waals surface area contributed by atoms with Crippen molar-refractivity contribution in [2.45, 2.75) is 6.42 Å². The molecule has 1 aliphatic rings. The monoisotopic (exact) mass is 243 g/mol. The lowest BCUT2D eigenvalue weighted by atomic mass is 10.1. The average Bonchev–Trinajstić information content (AvgIpc) is 2.16. The van der Waals surface area contributed by atoms with Gasteiger partial charge in [0.05, 0.1) is 12.1 Å². The molecule has 0 saturated carbocycles. The molecule has 0 amide bonds. The number of benzene rings is 1. The Morgan fingerprint density at radius 2 is 2.25 bits per heavy atom. The molecule has 1 aliphatic heterocycles. The van der Waals surface area contributed by atoms with E-state index in [1.165, 1.54) is 12.1 Å².